The van der Waals surface area contributed by atoms with E-state index >= 15 is 0 Å². The third kappa shape index (κ3) is 3.65. The Morgan fingerprint density at radius 2 is 2.07 bits per heavy atom. The molecule has 6 heteroatoms. The Bertz CT molecular complexity index is 1190. The van der Waals surface area contributed by atoms with Gasteiger partial charge in [-0.25, -0.2) is 14.5 Å². The van der Waals surface area contributed by atoms with Gasteiger partial charge in [-0.1, -0.05) is 30.3 Å². The lowest BCUT2D eigenvalue weighted by molar-refractivity contribution is 0.729. The van der Waals surface area contributed by atoms with E-state index < -0.39 is 0 Å². The van der Waals surface area contributed by atoms with Crippen LogP contribution < -0.4 is 4.90 Å². The molecule has 0 saturated carbocycles. The van der Waals surface area contributed by atoms with Crippen LogP contribution in [0.5, 0.6) is 0 Å². The van der Waals surface area contributed by atoms with Gasteiger partial charge in [-0.2, -0.15) is 5.10 Å². The molecule has 4 aromatic rings. The molecule has 0 radical (unpaired) electrons. The Hall–Kier alpha value is -3.43. The maximum Gasteiger partial charge on any atom is 0.187 e. The topological polar surface area (TPSA) is 38.3 Å². The van der Waals surface area contributed by atoms with Crippen LogP contribution in [0.4, 0.5) is 10.8 Å². The van der Waals surface area contributed by atoms with Gasteiger partial charge < -0.3 is 4.90 Å². The van der Waals surface area contributed by atoms with Crippen LogP contribution in [0.1, 0.15) is 21.6 Å². The van der Waals surface area contributed by atoms with Gasteiger partial charge in [-0.3, -0.25) is 0 Å². The van der Waals surface area contributed by atoms with Gasteiger partial charge >= 0.3 is 0 Å². The van der Waals surface area contributed by atoms with Gasteiger partial charge in [0.1, 0.15) is 0 Å². The van der Waals surface area contributed by atoms with Crippen LogP contribution in [-0.4, -0.2) is 21.3 Å². The normalized spacial score (nSPS) is 13.1. The fourth-order valence-electron chi connectivity index (χ4n) is 3.73. The summed E-state index contributed by atoms with van der Waals surface area (Å²) in [7, 11) is 0. The molecule has 0 fully saturated rings. The molecule has 3 heterocycles. The largest absolute Gasteiger partial charge is 0.343 e. The molecule has 29 heavy (non-hydrogen) atoms. The molecule has 2 aromatic carbocycles. The van der Waals surface area contributed by atoms with Gasteiger partial charge in [-0.15, -0.1) is 11.3 Å². The number of thiazole rings is 1. The average molecular weight is 398 g/mol. The van der Waals surface area contributed by atoms with Crippen LogP contribution in [0.25, 0.3) is 10.5 Å². The van der Waals surface area contributed by atoms with Crippen molar-refractivity contribution in [2.45, 2.75) is 19.4 Å². The molecular formula is C23H19N5S. The highest BCUT2D eigenvalue weighted by Gasteiger charge is 2.19. The van der Waals surface area contributed by atoms with Crippen molar-refractivity contribution in [2.75, 3.05) is 11.4 Å². The van der Waals surface area contributed by atoms with Crippen molar-refractivity contribution >= 4 is 22.2 Å². The lowest BCUT2D eigenvalue weighted by Crippen LogP contribution is -2.30. The summed E-state index contributed by atoms with van der Waals surface area (Å²) in [4.78, 5) is 11.8. The molecule has 0 bridgehead atoms. The fourth-order valence-corrected chi connectivity index (χ4v) is 4.70. The maximum atomic E-state index is 7.24. The highest BCUT2D eigenvalue weighted by Crippen LogP contribution is 2.31. The number of nitrogens with zero attached hydrogens (tertiary/aromatic N) is 5. The summed E-state index contributed by atoms with van der Waals surface area (Å²) >= 11 is 1.75. The number of aromatic nitrogens is 3. The summed E-state index contributed by atoms with van der Waals surface area (Å²) in [5, 5.41) is 5.37. The average Bonchev–Trinajstić information content (AvgIpc) is 3.46. The summed E-state index contributed by atoms with van der Waals surface area (Å²) in [6.45, 7) is 9.03. The van der Waals surface area contributed by atoms with Gasteiger partial charge in [0.2, 0.25) is 0 Å². The molecule has 0 N–H and O–H groups in total. The molecule has 0 unspecified atom stereocenters. The first kappa shape index (κ1) is 17.7. The highest BCUT2D eigenvalue weighted by atomic mass is 32.1. The van der Waals surface area contributed by atoms with E-state index in [2.05, 4.69) is 45.2 Å². The van der Waals surface area contributed by atoms with Crippen LogP contribution >= 0.6 is 11.3 Å². The number of hydrogen-bond acceptors (Lipinski definition) is 4. The van der Waals surface area contributed by atoms with E-state index in [1.54, 1.807) is 17.5 Å². The zero-order chi connectivity index (χ0) is 19.6. The van der Waals surface area contributed by atoms with Crippen molar-refractivity contribution < 1.29 is 0 Å². The van der Waals surface area contributed by atoms with Crippen molar-refractivity contribution in [3.05, 3.63) is 100 Å². The van der Waals surface area contributed by atoms with Crippen molar-refractivity contribution in [3.8, 4) is 5.69 Å². The first-order valence-corrected chi connectivity index (χ1v) is 10.4. The molecule has 5 rings (SSSR count). The zero-order valence-corrected chi connectivity index (χ0v) is 16.6. The van der Waals surface area contributed by atoms with Gasteiger partial charge in [0.15, 0.2) is 10.8 Å². The summed E-state index contributed by atoms with van der Waals surface area (Å²) in [6.07, 6.45) is 7.59. The molecule has 5 nitrogen and oxygen atoms in total. The molecule has 0 spiro atoms. The fraction of sp³-hybridized carbons (Fsp3) is 0.174. The summed E-state index contributed by atoms with van der Waals surface area (Å²) in [6, 6.07) is 16.4. The SMILES string of the molecule is [C-]#[N+]c1ccc2c(c1)CN(c1ncc(Cc3cccc(-n4cccn4)c3)s1)CC2. The predicted octanol–water partition coefficient (Wildman–Crippen LogP) is 5.03. The van der Waals surface area contributed by atoms with Crippen molar-refractivity contribution in [1.82, 2.24) is 14.8 Å². The first-order valence-electron chi connectivity index (χ1n) is 9.56. The van der Waals surface area contributed by atoms with Gasteiger partial charge in [0.05, 0.1) is 12.3 Å². The Labute approximate surface area is 173 Å². The number of rotatable bonds is 4. The second-order valence-electron chi connectivity index (χ2n) is 7.14. The highest BCUT2D eigenvalue weighted by molar-refractivity contribution is 7.15. The molecular weight excluding hydrogens is 378 g/mol. The second-order valence-corrected chi connectivity index (χ2v) is 8.24. The van der Waals surface area contributed by atoms with E-state index in [4.69, 9.17) is 11.6 Å². The van der Waals surface area contributed by atoms with Crippen LogP contribution in [0.3, 0.4) is 0 Å². The Morgan fingerprint density at radius 3 is 2.93 bits per heavy atom. The van der Waals surface area contributed by atoms with Crippen LogP contribution in [0.15, 0.2) is 67.1 Å². The quantitative estimate of drug-likeness (QED) is 0.453. The molecule has 1 aliphatic heterocycles. The second kappa shape index (κ2) is 7.53. The summed E-state index contributed by atoms with van der Waals surface area (Å²) < 4.78 is 1.88. The lowest BCUT2D eigenvalue weighted by atomic mass is 9.99. The van der Waals surface area contributed by atoms with Crippen molar-refractivity contribution in [3.63, 3.8) is 0 Å². The van der Waals surface area contributed by atoms with Crippen LogP contribution in [-0.2, 0) is 19.4 Å². The van der Waals surface area contributed by atoms with Crippen molar-refractivity contribution in [1.29, 1.82) is 0 Å². The molecule has 2 aromatic heterocycles. The molecule has 0 aliphatic carbocycles. The van der Waals surface area contributed by atoms with Crippen LogP contribution in [0, 0.1) is 6.57 Å². The molecule has 0 atom stereocenters. The number of anilines is 1. The Kier molecular flexibility index (Phi) is 4.59. The van der Waals surface area contributed by atoms with Crippen molar-refractivity contribution in [2.24, 2.45) is 0 Å². The monoisotopic (exact) mass is 397 g/mol. The first-order chi connectivity index (χ1) is 14.3. The summed E-state index contributed by atoms with van der Waals surface area (Å²) in [5.41, 5.74) is 5.62. The Balaban J connectivity index is 1.33. The van der Waals surface area contributed by atoms with E-state index in [0.717, 1.165) is 36.8 Å². The summed E-state index contributed by atoms with van der Waals surface area (Å²) in [5.74, 6) is 0. The molecule has 142 valence electrons. The minimum Gasteiger partial charge on any atom is -0.343 e. The van der Waals surface area contributed by atoms with E-state index in [1.807, 2.05) is 35.3 Å². The maximum absolute atomic E-state index is 7.24. The zero-order valence-electron chi connectivity index (χ0n) is 15.8. The van der Waals surface area contributed by atoms with Crippen LogP contribution in [0.2, 0.25) is 0 Å². The van der Waals surface area contributed by atoms with E-state index in [9.17, 15) is 0 Å². The van der Waals surface area contributed by atoms with Gasteiger partial charge in [-0.05, 0) is 41.3 Å². The smallest absolute Gasteiger partial charge is 0.187 e. The van der Waals surface area contributed by atoms with E-state index in [-0.39, 0.29) is 0 Å². The number of fused-ring (bicyclic) bond motifs is 1. The van der Waals surface area contributed by atoms with E-state index in [1.165, 1.54) is 21.6 Å². The minimum absolute atomic E-state index is 0.711. The Morgan fingerprint density at radius 1 is 1.10 bits per heavy atom. The molecule has 1 aliphatic rings. The number of benzene rings is 2. The number of hydrogen-bond donors (Lipinski definition) is 0. The molecule has 0 saturated heterocycles. The molecule has 0 amide bonds. The standard InChI is InChI=1S/C23H19N5S/c1-24-20-7-6-18-8-11-27(16-19(18)14-20)23-25-15-22(29-23)13-17-4-2-5-21(12-17)28-10-3-9-26-28/h2-7,9-10,12,14-15H,8,11,13,16H2. The van der Waals surface area contributed by atoms with Gasteiger partial charge in [0.25, 0.3) is 0 Å². The third-order valence-electron chi connectivity index (χ3n) is 5.20. The van der Waals surface area contributed by atoms with Gasteiger partial charge in [0, 0.05) is 43.0 Å². The third-order valence-corrected chi connectivity index (χ3v) is 6.26. The predicted molar refractivity (Wildman–Crippen MR) is 116 cm³/mol. The minimum atomic E-state index is 0.711. The lowest BCUT2D eigenvalue weighted by Gasteiger charge is -2.28. The van der Waals surface area contributed by atoms with E-state index in [0.29, 0.717) is 5.69 Å².